The summed E-state index contributed by atoms with van der Waals surface area (Å²) in [7, 11) is 0. The van der Waals surface area contributed by atoms with Gasteiger partial charge >= 0.3 is 5.97 Å². The van der Waals surface area contributed by atoms with Gasteiger partial charge in [0.25, 0.3) is 0 Å². The maximum atomic E-state index is 11.2. The Morgan fingerprint density at radius 2 is 2.13 bits per heavy atom. The number of halogens is 1. The standard InChI is InChI=1S/C11H14ClNO2/c12-10-5-2-1-4-9(10)8-15-11(14)6-3-7-13/h1-2,4-5H,3,6-8,13H2. The highest BCUT2D eigenvalue weighted by molar-refractivity contribution is 6.31. The fraction of sp³-hybridized carbons (Fsp3) is 0.364. The Kier molecular flexibility index (Phi) is 5.15. The summed E-state index contributed by atoms with van der Waals surface area (Å²) in [4.78, 5) is 11.2. The minimum atomic E-state index is -0.236. The molecule has 0 saturated carbocycles. The van der Waals surface area contributed by atoms with Crippen molar-refractivity contribution in [2.45, 2.75) is 19.4 Å². The number of hydrogen-bond acceptors (Lipinski definition) is 3. The largest absolute Gasteiger partial charge is 0.461 e. The highest BCUT2D eigenvalue weighted by Gasteiger charge is 2.04. The van der Waals surface area contributed by atoms with Crippen LogP contribution in [0.2, 0.25) is 5.02 Å². The smallest absolute Gasteiger partial charge is 0.306 e. The van der Waals surface area contributed by atoms with Gasteiger partial charge in [0.05, 0.1) is 0 Å². The lowest BCUT2D eigenvalue weighted by molar-refractivity contribution is -0.145. The van der Waals surface area contributed by atoms with Crippen LogP contribution in [0.5, 0.6) is 0 Å². The van der Waals surface area contributed by atoms with Crippen molar-refractivity contribution >= 4 is 17.6 Å². The number of benzene rings is 1. The van der Waals surface area contributed by atoms with Gasteiger partial charge in [0.15, 0.2) is 0 Å². The van der Waals surface area contributed by atoms with Gasteiger partial charge in [-0.15, -0.1) is 0 Å². The summed E-state index contributed by atoms with van der Waals surface area (Å²) in [5, 5.41) is 0.615. The lowest BCUT2D eigenvalue weighted by Crippen LogP contribution is -2.08. The Balaban J connectivity index is 2.37. The Hall–Kier alpha value is -1.06. The number of ether oxygens (including phenoxy) is 1. The fourth-order valence-corrected chi connectivity index (χ4v) is 1.28. The molecule has 0 atom stereocenters. The molecule has 1 aromatic rings. The third-order valence-electron chi connectivity index (χ3n) is 1.93. The normalized spacial score (nSPS) is 10.0. The Morgan fingerprint density at radius 1 is 1.40 bits per heavy atom. The summed E-state index contributed by atoms with van der Waals surface area (Å²) in [5.41, 5.74) is 6.10. The predicted molar refractivity (Wildman–Crippen MR) is 59.5 cm³/mol. The summed E-state index contributed by atoms with van der Waals surface area (Å²) >= 11 is 5.90. The molecular formula is C11H14ClNO2. The van der Waals surface area contributed by atoms with Crippen molar-refractivity contribution in [1.29, 1.82) is 0 Å². The molecule has 0 aliphatic carbocycles. The van der Waals surface area contributed by atoms with E-state index in [0.717, 1.165) is 5.56 Å². The summed E-state index contributed by atoms with van der Waals surface area (Å²) in [6.45, 7) is 0.726. The minimum Gasteiger partial charge on any atom is -0.461 e. The first kappa shape index (κ1) is 12.0. The quantitative estimate of drug-likeness (QED) is 0.784. The predicted octanol–water partition coefficient (Wildman–Crippen LogP) is 2.12. The number of esters is 1. The average Bonchev–Trinajstić information content (AvgIpc) is 2.25. The zero-order chi connectivity index (χ0) is 11.1. The minimum absolute atomic E-state index is 0.225. The topological polar surface area (TPSA) is 52.3 Å². The molecule has 1 aromatic carbocycles. The van der Waals surface area contributed by atoms with E-state index in [2.05, 4.69) is 0 Å². The first-order valence-corrected chi connectivity index (χ1v) is 5.21. The van der Waals surface area contributed by atoms with E-state index in [1.165, 1.54) is 0 Å². The van der Waals surface area contributed by atoms with Crippen LogP contribution in [0.25, 0.3) is 0 Å². The molecular weight excluding hydrogens is 214 g/mol. The second-order valence-electron chi connectivity index (χ2n) is 3.14. The van der Waals surface area contributed by atoms with Gasteiger partial charge in [-0.3, -0.25) is 4.79 Å². The molecule has 0 bridgehead atoms. The molecule has 0 saturated heterocycles. The van der Waals surface area contributed by atoms with Crippen LogP contribution in [-0.4, -0.2) is 12.5 Å². The third kappa shape index (κ3) is 4.32. The monoisotopic (exact) mass is 227 g/mol. The van der Waals surface area contributed by atoms with Gasteiger partial charge < -0.3 is 10.5 Å². The van der Waals surface area contributed by atoms with Crippen molar-refractivity contribution in [3.63, 3.8) is 0 Å². The molecule has 0 spiro atoms. The van der Waals surface area contributed by atoms with E-state index in [0.29, 0.717) is 24.4 Å². The molecule has 0 aliphatic rings. The van der Waals surface area contributed by atoms with Crippen molar-refractivity contribution < 1.29 is 9.53 Å². The molecule has 0 aromatic heterocycles. The zero-order valence-electron chi connectivity index (χ0n) is 8.41. The van der Waals surface area contributed by atoms with Crippen LogP contribution in [0.15, 0.2) is 24.3 Å². The summed E-state index contributed by atoms with van der Waals surface area (Å²) < 4.78 is 5.03. The second-order valence-corrected chi connectivity index (χ2v) is 3.55. The van der Waals surface area contributed by atoms with Crippen molar-refractivity contribution in [3.05, 3.63) is 34.9 Å². The van der Waals surface area contributed by atoms with Gasteiger partial charge in [-0.1, -0.05) is 29.8 Å². The van der Waals surface area contributed by atoms with Gasteiger partial charge in [0, 0.05) is 17.0 Å². The van der Waals surface area contributed by atoms with E-state index in [4.69, 9.17) is 22.1 Å². The van der Waals surface area contributed by atoms with E-state index in [-0.39, 0.29) is 12.6 Å². The number of carbonyl (C=O) groups is 1. The van der Waals surface area contributed by atoms with Crippen molar-refractivity contribution in [2.24, 2.45) is 5.73 Å². The van der Waals surface area contributed by atoms with Crippen LogP contribution < -0.4 is 5.73 Å². The summed E-state index contributed by atoms with van der Waals surface area (Å²) in [6.07, 6.45) is 1.02. The van der Waals surface area contributed by atoms with Gasteiger partial charge in [0.1, 0.15) is 6.61 Å². The molecule has 15 heavy (non-hydrogen) atoms. The highest BCUT2D eigenvalue weighted by atomic mass is 35.5. The highest BCUT2D eigenvalue weighted by Crippen LogP contribution is 2.15. The van der Waals surface area contributed by atoms with Crippen molar-refractivity contribution in [3.8, 4) is 0 Å². The van der Waals surface area contributed by atoms with Gasteiger partial charge in [0.2, 0.25) is 0 Å². The number of hydrogen-bond donors (Lipinski definition) is 1. The average molecular weight is 228 g/mol. The van der Waals surface area contributed by atoms with Crippen LogP contribution in [0.3, 0.4) is 0 Å². The van der Waals surface area contributed by atoms with Gasteiger partial charge in [-0.05, 0) is 19.0 Å². The molecule has 0 aliphatic heterocycles. The summed E-state index contributed by atoms with van der Waals surface area (Å²) in [6, 6.07) is 7.29. The first-order chi connectivity index (χ1) is 7.24. The van der Waals surface area contributed by atoms with Crippen LogP contribution in [0, 0.1) is 0 Å². The lowest BCUT2D eigenvalue weighted by atomic mass is 10.2. The third-order valence-corrected chi connectivity index (χ3v) is 2.30. The molecule has 1 rings (SSSR count). The molecule has 3 nitrogen and oxygen atoms in total. The Morgan fingerprint density at radius 3 is 2.80 bits per heavy atom. The van der Waals surface area contributed by atoms with Gasteiger partial charge in [-0.25, -0.2) is 0 Å². The SMILES string of the molecule is NCCCC(=O)OCc1ccccc1Cl. The van der Waals surface area contributed by atoms with E-state index in [1.807, 2.05) is 18.2 Å². The number of rotatable bonds is 5. The van der Waals surface area contributed by atoms with E-state index in [1.54, 1.807) is 6.07 Å². The van der Waals surface area contributed by atoms with E-state index >= 15 is 0 Å². The van der Waals surface area contributed by atoms with Crippen molar-refractivity contribution in [2.75, 3.05) is 6.54 Å². The molecule has 0 radical (unpaired) electrons. The fourth-order valence-electron chi connectivity index (χ4n) is 1.09. The Bertz CT molecular complexity index is 328. The zero-order valence-corrected chi connectivity index (χ0v) is 9.17. The molecule has 0 amide bonds. The van der Waals surface area contributed by atoms with E-state index in [9.17, 15) is 4.79 Å². The van der Waals surface area contributed by atoms with E-state index < -0.39 is 0 Å². The van der Waals surface area contributed by atoms with Crippen LogP contribution in [0.4, 0.5) is 0 Å². The molecule has 0 heterocycles. The molecule has 82 valence electrons. The van der Waals surface area contributed by atoms with Gasteiger partial charge in [-0.2, -0.15) is 0 Å². The van der Waals surface area contributed by atoms with Crippen LogP contribution in [0.1, 0.15) is 18.4 Å². The maximum absolute atomic E-state index is 11.2. The number of nitrogens with two attached hydrogens (primary N) is 1. The Labute approximate surface area is 94.2 Å². The molecule has 0 fully saturated rings. The van der Waals surface area contributed by atoms with Crippen molar-refractivity contribution in [1.82, 2.24) is 0 Å². The summed E-state index contributed by atoms with van der Waals surface area (Å²) in [5.74, 6) is -0.236. The second kappa shape index (κ2) is 6.43. The number of carbonyl (C=O) groups excluding carboxylic acids is 1. The molecule has 4 heteroatoms. The molecule has 0 unspecified atom stereocenters. The van der Waals surface area contributed by atoms with Crippen LogP contribution >= 0.6 is 11.6 Å². The first-order valence-electron chi connectivity index (χ1n) is 4.83. The molecule has 2 N–H and O–H groups in total. The maximum Gasteiger partial charge on any atom is 0.306 e. The van der Waals surface area contributed by atoms with Crippen LogP contribution in [-0.2, 0) is 16.1 Å². The lowest BCUT2D eigenvalue weighted by Gasteiger charge is -2.05.